The van der Waals surface area contributed by atoms with E-state index in [9.17, 15) is 0 Å². The van der Waals surface area contributed by atoms with Gasteiger partial charge in [0, 0.05) is 40.0 Å². The summed E-state index contributed by atoms with van der Waals surface area (Å²) in [5, 5.41) is 0. The fourth-order valence-electron chi connectivity index (χ4n) is 4.12. The van der Waals surface area contributed by atoms with Crippen LogP contribution in [0, 0.1) is 12.8 Å². The first kappa shape index (κ1) is 16.0. The molecule has 22 heavy (non-hydrogen) atoms. The maximum absolute atomic E-state index is 6.23. The molecule has 2 aliphatic heterocycles. The van der Waals surface area contributed by atoms with E-state index in [1.165, 1.54) is 30.4 Å². The van der Waals surface area contributed by atoms with Gasteiger partial charge in [0.2, 0.25) is 0 Å². The zero-order chi connectivity index (χ0) is 15.4. The average Bonchev–Trinajstić information content (AvgIpc) is 2.92. The second kappa shape index (κ2) is 7.12. The summed E-state index contributed by atoms with van der Waals surface area (Å²) in [6.45, 7) is 7.39. The summed E-state index contributed by atoms with van der Waals surface area (Å²) >= 11 is 0. The van der Waals surface area contributed by atoms with E-state index in [0.717, 1.165) is 39.3 Å². The van der Waals surface area contributed by atoms with Gasteiger partial charge < -0.3 is 9.47 Å². The fourth-order valence-corrected chi connectivity index (χ4v) is 4.12. The molecule has 2 aliphatic rings. The van der Waals surface area contributed by atoms with E-state index in [4.69, 9.17) is 9.47 Å². The molecule has 1 aromatic rings. The van der Waals surface area contributed by atoms with Crippen molar-refractivity contribution in [3.05, 3.63) is 35.4 Å². The molecule has 3 heteroatoms. The normalized spacial score (nSPS) is 24.9. The van der Waals surface area contributed by atoms with Gasteiger partial charge >= 0.3 is 0 Å². The first-order valence-corrected chi connectivity index (χ1v) is 8.63. The Labute approximate surface area is 134 Å². The van der Waals surface area contributed by atoms with E-state index < -0.39 is 0 Å². The minimum absolute atomic E-state index is 0.140. The molecule has 1 aromatic carbocycles. The summed E-state index contributed by atoms with van der Waals surface area (Å²) in [4.78, 5) is 2.59. The van der Waals surface area contributed by atoms with Crippen LogP contribution in [0.25, 0.3) is 0 Å². The van der Waals surface area contributed by atoms with E-state index in [1.54, 1.807) is 7.11 Å². The largest absolute Gasteiger partial charge is 0.385 e. The lowest BCUT2D eigenvalue weighted by atomic mass is 9.78. The summed E-state index contributed by atoms with van der Waals surface area (Å²) in [6, 6.07) is 8.74. The van der Waals surface area contributed by atoms with Crippen LogP contribution in [-0.4, -0.2) is 43.9 Å². The van der Waals surface area contributed by atoms with Gasteiger partial charge in [0.1, 0.15) is 0 Å². The van der Waals surface area contributed by atoms with Crippen molar-refractivity contribution in [2.24, 2.45) is 5.92 Å². The number of piperidine rings is 1. The third kappa shape index (κ3) is 3.37. The van der Waals surface area contributed by atoms with E-state index in [-0.39, 0.29) is 5.60 Å². The molecular formula is C19H29NO2. The highest BCUT2D eigenvalue weighted by Crippen LogP contribution is 2.42. The van der Waals surface area contributed by atoms with Crippen LogP contribution in [0.15, 0.2) is 24.3 Å². The number of aryl methyl sites for hydroxylation is 1. The van der Waals surface area contributed by atoms with Crippen LogP contribution >= 0.6 is 0 Å². The molecule has 0 saturated carbocycles. The molecule has 3 nitrogen and oxygen atoms in total. The maximum Gasteiger partial charge on any atom is 0.0736 e. The Hall–Kier alpha value is -0.900. The topological polar surface area (TPSA) is 21.7 Å². The lowest BCUT2D eigenvalue weighted by molar-refractivity contribution is -0.0721. The van der Waals surface area contributed by atoms with Gasteiger partial charge in [-0.3, -0.25) is 4.90 Å². The highest BCUT2D eigenvalue weighted by atomic mass is 16.5. The monoisotopic (exact) mass is 303 g/mol. The first-order valence-electron chi connectivity index (χ1n) is 8.63. The van der Waals surface area contributed by atoms with Crippen molar-refractivity contribution in [3.63, 3.8) is 0 Å². The SMILES string of the molecule is COCC[C@H]1CCOC12CCN(Cc1ccccc1C)CC2. The molecule has 0 unspecified atom stereocenters. The van der Waals surface area contributed by atoms with Gasteiger partial charge in [-0.05, 0) is 49.7 Å². The number of methoxy groups -OCH3 is 1. The molecule has 0 N–H and O–H groups in total. The van der Waals surface area contributed by atoms with Gasteiger partial charge in [-0.15, -0.1) is 0 Å². The van der Waals surface area contributed by atoms with E-state index >= 15 is 0 Å². The zero-order valence-electron chi connectivity index (χ0n) is 14.0. The summed E-state index contributed by atoms with van der Waals surface area (Å²) in [5.74, 6) is 0.688. The predicted molar refractivity (Wildman–Crippen MR) is 89.0 cm³/mol. The van der Waals surface area contributed by atoms with E-state index in [0.29, 0.717) is 5.92 Å². The number of hydrogen-bond acceptors (Lipinski definition) is 3. The standard InChI is InChI=1S/C19H29NO2/c1-16-5-3-4-6-17(16)15-20-11-9-19(10-12-20)18(7-13-21-2)8-14-22-19/h3-6,18H,7-15H2,1-2H3/t18-/m0/s1. The molecule has 1 atom stereocenters. The minimum atomic E-state index is 0.140. The average molecular weight is 303 g/mol. The Morgan fingerprint density at radius 1 is 1.27 bits per heavy atom. The summed E-state index contributed by atoms with van der Waals surface area (Å²) < 4.78 is 11.5. The van der Waals surface area contributed by atoms with Crippen LogP contribution in [0.1, 0.15) is 36.8 Å². The first-order chi connectivity index (χ1) is 10.7. The Balaban J connectivity index is 1.57. The molecular weight excluding hydrogens is 274 g/mol. The van der Waals surface area contributed by atoms with Crippen molar-refractivity contribution in [2.45, 2.75) is 44.8 Å². The molecule has 1 spiro atoms. The summed E-state index contributed by atoms with van der Waals surface area (Å²) in [7, 11) is 1.80. The Kier molecular flexibility index (Phi) is 5.17. The molecule has 0 aromatic heterocycles. The van der Waals surface area contributed by atoms with E-state index in [1.807, 2.05) is 0 Å². The zero-order valence-corrected chi connectivity index (χ0v) is 14.0. The van der Waals surface area contributed by atoms with Crippen LogP contribution in [0.5, 0.6) is 0 Å². The molecule has 0 amide bonds. The summed E-state index contributed by atoms with van der Waals surface area (Å²) in [5.41, 5.74) is 3.00. The number of ether oxygens (including phenoxy) is 2. The Bertz CT molecular complexity index is 480. The summed E-state index contributed by atoms with van der Waals surface area (Å²) in [6.07, 6.45) is 4.70. The van der Waals surface area contributed by atoms with Crippen LogP contribution in [0.3, 0.4) is 0 Å². The second-order valence-electron chi connectivity index (χ2n) is 6.88. The molecule has 2 saturated heterocycles. The fraction of sp³-hybridized carbons (Fsp3) is 0.684. The van der Waals surface area contributed by atoms with Crippen molar-refractivity contribution in [1.82, 2.24) is 4.90 Å². The molecule has 2 heterocycles. The smallest absolute Gasteiger partial charge is 0.0736 e. The lowest BCUT2D eigenvalue weighted by Gasteiger charge is -2.42. The number of rotatable bonds is 5. The van der Waals surface area contributed by atoms with Crippen molar-refractivity contribution in [2.75, 3.05) is 33.4 Å². The number of likely N-dealkylation sites (tertiary alicyclic amines) is 1. The lowest BCUT2D eigenvalue weighted by Crippen LogP contribution is -2.47. The Morgan fingerprint density at radius 3 is 2.77 bits per heavy atom. The van der Waals surface area contributed by atoms with Crippen LogP contribution in [-0.2, 0) is 16.0 Å². The maximum atomic E-state index is 6.23. The molecule has 0 aliphatic carbocycles. The molecule has 0 bridgehead atoms. The quantitative estimate of drug-likeness (QED) is 0.832. The highest BCUT2D eigenvalue weighted by molar-refractivity contribution is 5.25. The second-order valence-corrected chi connectivity index (χ2v) is 6.88. The van der Waals surface area contributed by atoms with Gasteiger partial charge in [0.25, 0.3) is 0 Å². The van der Waals surface area contributed by atoms with Crippen molar-refractivity contribution < 1.29 is 9.47 Å². The molecule has 2 fully saturated rings. The third-order valence-electron chi connectivity index (χ3n) is 5.63. The molecule has 122 valence electrons. The van der Waals surface area contributed by atoms with Gasteiger partial charge in [-0.25, -0.2) is 0 Å². The van der Waals surface area contributed by atoms with Crippen LogP contribution in [0.2, 0.25) is 0 Å². The predicted octanol–water partition coefficient (Wildman–Crippen LogP) is 3.40. The van der Waals surface area contributed by atoms with Gasteiger partial charge in [0.05, 0.1) is 5.60 Å². The minimum Gasteiger partial charge on any atom is -0.385 e. The van der Waals surface area contributed by atoms with Crippen LogP contribution in [0.4, 0.5) is 0 Å². The van der Waals surface area contributed by atoms with Gasteiger partial charge in [0.15, 0.2) is 0 Å². The number of hydrogen-bond donors (Lipinski definition) is 0. The number of nitrogens with zero attached hydrogens (tertiary/aromatic N) is 1. The molecule has 0 radical (unpaired) electrons. The van der Waals surface area contributed by atoms with Crippen molar-refractivity contribution >= 4 is 0 Å². The molecule has 3 rings (SSSR count). The number of benzene rings is 1. The van der Waals surface area contributed by atoms with E-state index in [2.05, 4.69) is 36.1 Å². The van der Waals surface area contributed by atoms with Crippen molar-refractivity contribution in [1.29, 1.82) is 0 Å². The Morgan fingerprint density at radius 2 is 2.05 bits per heavy atom. The third-order valence-corrected chi connectivity index (χ3v) is 5.63. The highest BCUT2D eigenvalue weighted by Gasteiger charge is 2.45. The van der Waals surface area contributed by atoms with Crippen LogP contribution < -0.4 is 0 Å². The van der Waals surface area contributed by atoms with Crippen molar-refractivity contribution in [3.8, 4) is 0 Å². The van der Waals surface area contributed by atoms with Gasteiger partial charge in [-0.2, -0.15) is 0 Å². The van der Waals surface area contributed by atoms with Gasteiger partial charge in [-0.1, -0.05) is 24.3 Å².